The number of thioether (sulfide) groups is 1. The van der Waals surface area contributed by atoms with Crippen molar-refractivity contribution in [2.45, 2.75) is 43.4 Å². The van der Waals surface area contributed by atoms with E-state index in [-0.39, 0.29) is 5.91 Å². The number of nitrogens with one attached hydrogen (secondary N) is 1. The van der Waals surface area contributed by atoms with E-state index in [2.05, 4.69) is 26.2 Å². The number of benzene rings is 1. The molecule has 4 nitrogen and oxygen atoms in total. The van der Waals surface area contributed by atoms with Gasteiger partial charge in [0.15, 0.2) is 5.76 Å². The molecule has 2 aromatic rings. The molecule has 6 heteroatoms. The van der Waals surface area contributed by atoms with Crippen LogP contribution in [0.2, 0.25) is 0 Å². The number of nitrogens with zero attached hydrogens (tertiary/aromatic N) is 1. The van der Waals surface area contributed by atoms with Crippen molar-refractivity contribution in [1.82, 2.24) is 10.3 Å². The number of rotatable bonds is 5. The lowest BCUT2D eigenvalue weighted by Crippen LogP contribution is -2.37. The molecule has 0 radical (unpaired) electrons. The van der Waals surface area contributed by atoms with Crippen molar-refractivity contribution in [3.8, 4) is 11.3 Å². The van der Waals surface area contributed by atoms with Crippen LogP contribution in [0.1, 0.15) is 32.1 Å². The minimum Gasteiger partial charge on any atom is -0.431 e. The Balaban J connectivity index is 1.50. The number of aromatic nitrogens is 1. The second-order valence-electron chi connectivity index (χ2n) is 5.69. The van der Waals surface area contributed by atoms with Gasteiger partial charge in [-0.2, -0.15) is 0 Å². The molecule has 0 saturated heterocycles. The third-order valence-electron chi connectivity index (χ3n) is 3.91. The smallest absolute Gasteiger partial charge is 0.256 e. The summed E-state index contributed by atoms with van der Waals surface area (Å²) in [4.78, 5) is 16.2. The summed E-state index contributed by atoms with van der Waals surface area (Å²) in [7, 11) is 0. The largest absolute Gasteiger partial charge is 0.431 e. The standard InChI is InChI=1S/C17H19BrN2O2S/c18-13-8-6-12(7-9-13)15-10-19-17(22-15)23-11-16(21)20-14-4-2-1-3-5-14/h6-10,14H,1-5,11H2,(H,20,21). The number of amides is 1. The summed E-state index contributed by atoms with van der Waals surface area (Å²) < 4.78 is 6.73. The molecule has 23 heavy (non-hydrogen) atoms. The third-order valence-corrected chi connectivity index (χ3v) is 5.28. The molecule has 1 heterocycles. The van der Waals surface area contributed by atoms with Crippen LogP contribution < -0.4 is 5.32 Å². The van der Waals surface area contributed by atoms with Crippen LogP contribution in [0.5, 0.6) is 0 Å². The average Bonchev–Trinajstić information content (AvgIpc) is 3.04. The van der Waals surface area contributed by atoms with Gasteiger partial charge in [-0.25, -0.2) is 4.98 Å². The highest BCUT2D eigenvalue weighted by Gasteiger charge is 2.16. The maximum atomic E-state index is 12.0. The van der Waals surface area contributed by atoms with Gasteiger partial charge in [0.05, 0.1) is 11.9 Å². The Hall–Kier alpha value is -1.27. The summed E-state index contributed by atoms with van der Waals surface area (Å²) in [5, 5.41) is 3.63. The van der Waals surface area contributed by atoms with Gasteiger partial charge in [0.1, 0.15) is 0 Å². The molecule has 122 valence electrons. The molecule has 1 aliphatic carbocycles. The van der Waals surface area contributed by atoms with Gasteiger partial charge < -0.3 is 9.73 Å². The molecule has 1 amide bonds. The molecule has 1 saturated carbocycles. The van der Waals surface area contributed by atoms with Gasteiger partial charge in [-0.15, -0.1) is 0 Å². The topological polar surface area (TPSA) is 55.1 Å². The second kappa shape index (κ2) is 8.02. The molecular formula is C17H19BrN2O2S. The number of oxazole rings is 1. The summed E-state index contributed by atoms with van der Waals surface area (Å²) >= 11 is 4.75. The molecule has 0 atom stereocenters. The molecule has 1 aromatic carbocycles. The molecule has 0 unspecified atom stereocenters. The van der Waals surface area contributed by atoms with E-state index >= 15 is 0 Å². The summed E-state index contributed by atoms with van der Waals surface area (Å²) in [5.41, 5.74) is 0.971. The predicted octanol–water partition coefficient (Wildman–Crippen LogP) is 4.65. The number of hydrogen-bond acceptors (Lipinski definition) is 4. The fraction of sp³-hybridized carbons (Fsp3) is 0.412. The highest BCUT2D eigenvalue weighted by atomic mass is 79.9. The van der Waals surface area contributed by atoms with E-state index in [4.69, 9.17) is 4.42 Å². The molecule has 0 bridgehead atoms. The van der Waals surface area contributed by atoms with Crippen molar-refractivity contribution < 1.29 is 9.21 Å². The van der Waals surface area contributed by atoms with Crippen LogP contribution >= 0.6 is 27.7 Å². The van der Waals surface area contributed by atoms with Gasteiger partial charge in [0.2, 0.25) is 5.91 Å². The highest BCUT2D eigenvalue weighted by Crippen LogP contribution is 2.26. The molecule has 0 spiro atoms. The molecule has 3 rings (SSSR count). The maximum Gasteiger partial charge on any atom is 0.256 e. The van der Waals surface area contributed by atoms with Gasteiger partial charge in [0, 0.05) is 16.1 Å². The minimum absolute atomic E-state index is 0.0605. The van der Waals surface area contributed by atoms with E-state index in [0.29, 0.717) is 22.8 Å². The molecule has 1 aromatic heterocycles. The van der Waals surface area contributed by atoms with Crippen molar-refractivity contribution in [2.24, 2.45) is 0 Å². The van der Waals surface area contributed by atoms with E-state index in [1.165, 1.54) is 31.0 Å². The van der Waals surface area contributed by atoms with Crippen LogP contribution in [-0.2, 0) is 4.79 Å². The molecule has 1 N–H and O–H groups in total. The Morgan fingerprint density at radius 1 is 1.26 bits per heavy atom. The van der Waals surface area contributed by atoms with Gasteiger partial charge in [-0.1, -0.05) is 59.1 Å². The third kappa shape index (κ3) is 4.85. The first-order chi connectivity index (χ1) is 11.2. The van der Waals surface area contributed by atoms with Crippen LogP contribution in [0.15, 0.2) is 44.6 Å². The lowest BCUT2D eigenvalue weighted by atomic mass is 9.95. The van der Waals surface area contributed by atoms with Gasteiger partial charge >= 0.3 is 0 Å². The zero-order valence-electron chi connectivity index (χ0n) is 12.8. The first kappa shape index (κ1) is 16.6. The molecule has 1 aliphatic rings. The normalized spacial score (nSPS) is 15.5. The van der Waals surface area contributed by atoms with Crippen LogP contribution in [-0.4, -0.2) is 22.7 Å². The number of halogens is 1. The maximum absolute atomic E-state index is 12.0. The van der Waals surface area contributed by atoms with E-state index in [1.54, 1.807) is 6.20 Å². The highest BCUT2D eigenvalue weighted by molar-refractivity contribution is 9.10. The minimum atomic E-state index is 0.0605. The Labute approximate surface area is 148 Å². The quantitative estimate of drug-likeness (QED) is 0.750. The van der Waals surface area contributed by atoms with E-state index in [1.807, 2.05) is 24.3 Å². The summed E-state index contributed by atoms with van der Waals surface area (Å²) in [6.07, 6.45) is 7.62. The van der Waals surface area contributed by atoms with Crippen molar-refractivity contribution in [3.05, 3.63) is 34.9 Å². The molecule has 0 aliphatic heterocycles. The molecule has 1 fully saturated rings. The molecular weight excluding hydrogens is 376 g/mol. The van der Waals surface area contributed by atoms with Gasteiger partial charge in [-0.05, 0) is 25.0 Å². The van der Waals surface area contributed by atoms with Crippen molar-refractivity contribution in [3.63, 3.8) is 0 Å². The number of carbonyl (C=O) groups is 1. The summed E-state index contributed by atoms with van der Waals surface area (Å²) in [5.74, 6) is 1.12. The fourth-order valence-electron chi connectivity index (χ4n) is 2.72. The predicted molar refractivity (Wildman–Crippen MR) is 95.4 cm³/mol. The zero-order chi connectivity index (χ0) is 16.1. The Bertz CT molecular complexity index is 651. The van der Waals surface area contributed by atoms with Crippen LogP contribution in [0.4, 0.5) is 0 Å². The zero-order valence-corrected chi connectivity index (χ0v) is 15.2. The second-order valence-corrected chi connectivity index (χ2v) is 7.53. The average molecular weight is 395 g/mol. The number of hydrogen-bond donors (Lipinski definition) is 1. The van der Waals surface area contributed by atoms with Gasteiger partial charge in [0.25, 0.3) is 5.22 Å². The summed E-state index contributed by atoms with van der Waals surface area (Å²) in [6, 6.07) is 8.20. The van der Waals surface area contributed by atoms with E-state index in [0.717, 1.165) is 22.9 Å². The lowest BCUT2D eigenvalue weighted by Gasteiger charge is -2.22. The monoisotopic (exact) mass is 394 g/mol. The number of carbonyl (C=O) groups excluding carboxylic acids is 1. The van der Waals surface area contributed by atoms with Crippen molar-refractivity contribution in [1.29, 1.82) is 0 Å². The Morgan fingerprint density at radius 3 is 2.74 bits per heavy atom. The van der Waals surface area contributed by atoms with Crippen LogP contribution in [0, 0.1) is 0 Å². The van der Waals surface area contributed by atoms with Crippen LogP contribution in [0.25, 0.3) is 11.3 Å². The van der Waals surface area contributed by atoms with Gasteiger partial charge in [-0.3, -0.25) is 4.79 Å². The van der Waals surface area contributed by atoms with Crippen molar-refractivity contribution in [2.75, 3.05) is 5.75 Å². The van der Waals surface area contributed by atoms with E-state index in [9.17, 15) is 4.79 Å². The Morgan fingerprint density at radius 2 is 2.00 bits per heavy atom. The Kier molecular flexibility index (Phi) is 5.78. The SMILES string of the molecule is O=C(CSc1ncc(-c2ccc(Br)cc2)o1)NC1CCCCC1. The first-order valence-corrected chi connectivity index (χ1v) is 9.62. The van der Waals surface area contributed by atoms with Crippen molar-refractivity contribution >= 4 is 33.6 Å². The van der Waals surface area contributed by atoms with Crippen LogP contribution in [0.3, 0.4) is 0 Å². The first-order valence-electron chi connectivity index (χ1n) is 7.84. The van der Waals surface area contributed by atoms with E-state index < -0.39 is 0 Å². The lowest BCUT2D eigenvalue weighted by molar-refractivity contribution is -0.119. The summed E-state index contributed by atoms with van der Waals surface area (Å²) in [6.45, 7) is 0. The fourth-order valence-corrected chi connectivity index (χ4v) is 3.59.